The molecule has 0 radical (unpaired) electrons. The zero-order valence-corrected chi connectivity index (χ0v) is 13.5. The Labute approximate surface area is 136 Å². The standard InChI is InChI=1S/C18H23N3O2/c1-14-4-2-3-5-16(14)11-21-6-7-23-12-15(10-21)8-17-9-18(22)20-13-19-17/h2-5,9,13,15H,6-8,10-12H2,1H3,(H,19,20,22)/t15-/m1/s1. The number of hydrogen-bond donors (Lipinski definition) is 1. The smallest absolute Gasteiger partial charge is 0.250 e. The molecule has 1 saturated heterocycles. The third-order valence-corrected chi connectivity index (χ3v) is 4.31. The van der Waals surface area contributed by atoms with E-state index in [0.717, 1.165) is 45.0 Å². The van der Waals surface area contributed by atoms with E-state index in [4.69, 9.17) is 4.74 Å². The van der Waals surface area contributed by atoms with Crippen LogP contribution in [-0.4, -0.2) is 41.2 Å². The van der Waals surface area contributed by atoms with E-state index in [9.17, 15) is 4.79 Å². The minimum atomic E-state index is -0.0960. The van der Waals surface area contributed by atoms with Gasteiger partial charge in [0.05, 0.1) is 19.5 Å². The van der Waals surface area contributed by atoms with Gasteiger partial charge in [0, 0.05) is 37.3 Å². The third-order valence-electron chi connectivity index (χ3n) is 4.31. The molecule has 122 valence electrons. The molecule has 1 N–H and O–H groups in total. The van der Waals surface area contributed by atoms with E-state index < -0.39 is 0 Å². The van der Waals surface area contributed by atoms with Crippen LogP contribution >= 0.6 is 0 Å². The molecule has 0 spiro atoms. The summed E-state index contributed by atoms with van der Waals surface area (Å²) in [7, 11) is 0. The van der Waals surface area contributed by atoms with Crippen LogP contribution in [0.15, 0.2) is 41.5 Å². The monoisotopic (exact) mass is 313 g/mol. The van der Waals surface area contributed by atoms with Crippen molar-refractivity contribution >= 4 is 0 Å². The van der Waals surface area contributed by atoms with Crippen molar-refractivity contribution in [1.29, 1.82) is 0 Å². The van der Waals surface area contributed by atoms with Crippen LogP contribution in [0.25, 0.3) is 0 Å². The van der Waals surface area contributed by atoms with Gasteiger partial charge in [0.15, 0.2) is 0 Å². The number of hydrogen-bond acceptors (Lipinski definition) is 4. The number of aromatic amines is 1. The van der Waals surface area contributed by atoms with Crippen molar-refractivity contribution in [1.82, 2.24) is 14.9 Å². The molecule has 1 aliphatic heterocycles. The Morgan fingerprint density at radius 2 is 2.26 bits per heavy atom. The molecule has 23 heavy (non-hydrogen) atoms. The van der Waals surface area contributed by atoms with E-state index in [1.54, 1.807) is 6.07 Å². The van der Waals surface area contributed by atoms with Crippen molar-refractivity contribution in [2.24, 2.45) is 5.92 Å². The highest BCUT2D eigenvalue weighted by Crippen LogP contribution is 2.16. The van der Waals surface area contributed by atoms with Crippen LogP contribution in [0.4, 0.5) is 0 Å². The molecule has 5 nitrogen and oxygen atoms in total. The average Bonchev–Trinajstić information content (AvgIpc) is 2.75. The second kappa shape index (κ2) is 7.53. The summed E-state index contributed by atoms with van der Waals surface area (Å²) in [5, 5.41) is 0. The highest BCUT2D eigenvalue weighted by Gasteiger charge is 2.20. The van der Waals surface area contributed by atoms with Crippen molar-refractivity contribution < 1.29 is 4.74 Å². The summed E-state index contributed by atoms with van der Waals surface area (Å²) >= 11 is 0. The van der Waals surface area contributed by atoms with E-state index in [2.05, 4.69) is 46.1 Å². The molecular weight excluding hydrogens is 290 g/mol. The lowest BCUT2D eigenvalue weighted by Crippen LogP contribution is -2.31. The lowest BCUT2D eigenvalue weighted by atomic mass is 10.0. The average molecular weight is 313 g/mol. The van der Waals surface area contributed by atoms with Gasteiger partial charge >= 0.3 is 0 Å². The van der Waals surface area contributed by atoms with Gasteiger partial charge in [-0.1, -0.05) is 24.3 Å². The minimum Gasteiger partial charge on any atom is -0.380 e. The predicted octanol–water partition coefficient (Wildman–Crippen LogP) is 1.77. The molecular formula is C18H23N3O2. The normalized spacial score (nSPS) is 19.4. The Kier molecular flexibility index (Phi) is 5.20. The molecule has 0 saturated carbocycles. The first-order valence-corrected chi connectivity index (χ1v) is 8.09. The molecule has 1 aromatic carbocycles. The second-order valence-corrected chi connectivity index (χ2v) is 6.21. The molecule has 0 aliphatic carbocycles. The van der Waals surface area contributed by atoms with Gasteiger partial charge in [0.1, 0.15) is 0 Å². The van der Waals surface area contributed by atoms with Crippen molar-refractivity contribution in [2.45, 2.75) is 19.9 Å². The van der Waals surface area contributed by atoms with Gasteiger partial charge in [-0.15, -0.1) is 0 Å². The molecule has 2 aromatic rings. The summed E-state index contributed by atoms with van der Waals surface area (Å²) in [6.07, 6.45) is 2.24. The number of aromatic nitrogens is 2. The van der Waals surface area contributed by atoms with Gasteiger partial charge in [-0.25, -0.2) is 4.98 Å². The predicted molar refractivity (Wildman–Crippen MR) is 89.3 cm³/mol. The lowest BCUT2D eigenvalue weighted by Gasteiger charge is -2.24. The number of nitrogens with zero attached hydrogens (tertiary/aromatic N) is 2. The van der Waals surface area contributed by atoms with E-state index >= 15 is 0 Å². The molecule has 0 amide bonds. The molecule has 0 bridgehead atoms. The van der Waals surface area contributed by atoms with E-state index in [1.165, 1.54) is 17.5 Å². The fourth-order valence-corrected chi connectivity index (χ4v) is 3.06. The lowest BCUT2D eigenvalue weighted by molar-refractivity contribution is 0.121. The zero-order valence-electron chi connectivity index (χ0n) is 13.5. The van der Waals surface area contributed by atoms with Crippen molar-refractivity contribution in [3.05, 3.63) is 63.8 Å². The summed E-state index contributed by atoms with van der Waals surface area (Å²) in [6, 6.07) is 10.1. The van der Waals surface area contributed by atoms with Crippen LogP contribution in [0.2, 0.25) is 0 Å². The van der Waals surface area contributed by atoms with E-state index in [1.807, 2.05) is 0 Å². The van der Waals surface area contributed by atoms with Gasteiger partial charge < -0.3 is 9.72 Å². The van der Waals surface area contributed by atoms with Gasteiger partial charge in [0.2, 0.25) is 0 Å². The minimum absolute atomic E-state index is 0.0960. The zero-order chi connectivity index (χ0) is 16.1. The third kappa shape index (κ3) is 4.50. The van der Waals surface area contributed by atoms with Crippen LogP contribution in [0.3, 0.4) is 0 Å². The van der Waals surface area contributed by atoms with Crippen molar-refractivity contribution in [3.63, 3.8) is 0 Å². The van der Waals surface area contributed by atoms with Crippen LogP contribution < -0.4 is 5.56 Å². The number of H-pyrrole nitrogens is 1. The Balaban J connectivity index is 1.66. The fraction of sp³-hybridized carbons (Fsp3) is 0.444. The SMILES string of the molecule is Cc1ccccc1CN1CCOC[C@H](Cc2cc(=O)[nH]cn2)C1. The summed E-state index contributed by atoms with van der Waals surface area (Å²) in [5.41, 5.74) is 3.43. The van der Waals surface area contributed by atoms with E-state index in [-0.39, 0.29) is 5.56 Å². The Morgan fingerprint density at radius 3 is 3.09 bits per heavy atom. The highest BCUT2D eigenvalue weighted by atomic mass is 16.5. The van der Waals surface area contributed by atoms with Crippen molar-refractivity contribution in [2.75, 3.05) is 26.3 Å². The highest BCUT2D eigenvalue weighted by molar-refractivity contribution is 5.25. The molecule has 2 heterocycles. The maximum atomic E-state index is 11.4. The molecule has 0 unspecified atom stereocenters. The summed E-state index contributed by atoms with van der Waals surface area (Å²) in [6.45, 7) is 6.47. The van der Waals surface area contributed by atoms with Gasteiger partial charge in [-0.3, -0.25) is 9.69 Å². The van der Waals surface area contributed by atoms with Gasteiger partial charge in [0.25, 0.3) is 5.56 Å². The first-order chi connectivity index (χ1) is 11.2. The number of aryl methyl sites for hydroxylation is 1. The molecule has 1 atom stereocenters. The van der Waals surface area contributed by atoms with Crippen LogP contribution in [-0.2, 0) is 17.7 Å². The fourth-order valence-electron chi connectivity index (χ4n) is 3.06. The van der Waals surface area contributed by atoms with Crippen LogP contribution in [0.1, 0.15) is 16.8 Å². The largest absolute Gasteiger partial charge is 0.380 e. The Hall–Kier alpha value is -1.98. The number of ether oxygens (including phenoxy) is 1. The van der Waals surface area contributed by atoms with Gasteiger partial charge in [-0.2, -0.15) is 0 Å². The number of rotatable bonds is 4. The number of nitrogens with one attached hydrogen (secondary N) is 1. The maximum absolute atomic E-state index is 11.4. The summed E-state index contributed by atoms with van der Waals surface area (Å²) < 4.78 is 5.75. The Morgan fingerprint density at radius 1 is 1.39 bits per heavy atom. The summed E-state index contributed by atoms with van der Waals surface area (Å²) in [5.74, 6) is 0.357. The molecule has 1 fully saturated rings. The number of benzene rings is 1. The first-order valence-electron chi connectivity index (χ1n) is 8.09. The quantitative estimate of drug-likeness (QED) is 0.934. The molecule has 5 heteroatoms. The second-order valence-electron chi connectivity index (χ2n) is 6.21. The topological polar surface area (TPSA) is 58.2 Å². The maximum Gasteiger partial charge on any atom is 0.250 e. The van der Waals surface area contributed by atoms with Crippen molar-refractivity contribution in [3.8, 4) is 0 Å². The molecule has 1 aromatic heterocycles. The van der Waals surface area contributed by atoms with Gasteiger partial charge in [-0.05, 0) is 24.5 Å². The van der Waals surface area contributed by atoms with Crippen LogP contribution in [0, 0.1) is 12.8 Å². The van der Waals surface area contributed by atoms with Crippen LogP contribution in [0.5, 0.6) is 0 Å². The first kappa shape index (κ1) is 15.9. The van der Waals surface area contributed by atoms with E-state index in [0.29, 0.717) is 5.92 Å². The molecule has 3 rings (SSSR count). The molecule has 1 aliphatic rings. The summed E-state index contributed by atoms with van der Waals surface area (Å²) in [4.78, 5) is 20.7. The Bertz CT molecular complexity index is 698.